The van der Waals surface area contributed by atoms with Crippen LogP contribution < -0.4 is 0 Å². The number of hydrogen-bond acceptors (Lipinski definition) is 3. The number of carbonyl (C=O) groups is 1. The lowest BCUT2D eigenvalue weighted by atomic mass is 9.89. The van der Waals surface area contributed by atoms with E-state index in [4.69, 9.17) is 21.1 Å². The predicted octanol–water partition coefficient (Wildman–Crippen LogP) is 5.55. The van der Waals surface area contributed by atoms with Crippen molar-refractivity contribution in [3.8, 4) is 0 Å². The number of morpholine rings is 1. The largest absolute Gasteiger partial charge is 0.445 e. The predicted molar refractivity (Wildman–Crippen MR) is 106 cm³/mol. The van der Waals surface area contributed by atoms with Crippen molar-refractivity contribution in [1.29, 1.82) is 0 Å². The van der Waals surface area contributed by atoms with Gasteiger partial charge in [0.2, 0.25) is 0 Å². The maximum atomic E-state index is 13.2. The standard InChI is InChI=1S/C22H19ClF3NO3/c23-20-7-6-15(10-19(20)22(24,25)26)16-8-17-12-29-13-18(9-16)27(17)21(28)30-11-14-4-2-1-3-5-14/h1-8,10,17-18H,9,11-13H2. The van der Waals surface area contributed by atoms with Gasteiger partial charge < -0.3 is 9.47 Å². The van der Waals surface area contributed by atoms with Gasteiger partial charge in [-0.2, -0.15) is 13.2 Å². The Balaban J connectivity index is 1.54. The highest BCUT2D eigenvalue weighted by atomic mass is 35.5. The zero-order valence-electron chi connectivity index (χ0n) is 15.9. The first-order valence-electron chi connectivity index (χ1n) is 9.47. The van der Waals surface area contributed by atoms with Crippen LogP contribution in [0.4, 0.5) is 18.0 Å². The Morgan fingerprint density at radius 3 is 2.63 bits per heavy atom. The second-order valence-corrected chi connectivity index (χ2v) is 7.70. The number of amides is 1. The summed E-state index contributed by atoms with van der Waals surface area (Å²) < 4.78 is 50.7. The molecule has 0 N–H and O–H groups in total. The van der Waals surface area contributed by atoms with E-state index in [-0.39, 0.29) is 24.3 Å². The molecule has 2 unspecified atom stereocenters. The van der Waals surface area contributed by atoms with E-state index < -0.39 is 23.9 Å². The van der Waals surface area contributed by atoms with Crippen LogP contribution in [-0.2, 0) is 22.3 Å². The van der Waals surface area contributed by atoms with Gasteiger partial charge in [-0.25, -0.2) is 4.79 Å². The van der Waals surface area contributed by atoms with Crippen LogP contribution >= 0.6 is 11.6 Å². The Morgan fingerprint density at radius 1 is 1.17 bits per heavy atom. The first kappa shape index (κ1) is 20.8. The second kappa shape index (κ2) is 8.32. The molecule has 4 rings (SSSR count). The quantitative estimate of drug-likeness (QED) is 0.631. The number of benzene rings is 2. The molecule has 2 aromatic carbocycles. The summed E-state index contributed by atoms with van der Waals surface area (Å²) >= 11 is 5.74. The lowest BCUT2D eigenvalue weighted by molar-refractivity contribution is -0.137. The SMILES string of the molecule is O=C(OCc1ccccc1)N1C2C=C(c3ccc(Cl)c(C(F)(F)F)c3)CC1COC2. The average molecular weight is 438 g/mol. The fraction of sp³-hybridized carbons (Fsp3) is 0.318. The van der Waals surface area contributed by atoms with Crippen molar-refractivity contribution in [2.24, 2.45) is 0 Å². The Bertz CT molecular complexity index is 962. The van der Waals surface area contributed by atoms with E-state index in [1.165, 1.54) is 6.07 Å². The Kier molecular flexibility index (Phi) is 5.75. The molecule has 158 valence electrons. The highest BCUT2D eigenvalue weighted by Gasteiger charge is 2.40. The van der Waals surface area contributed by atoms with Crippen molar-refractivity contribution < 1.29 is 27.4 Å². The number of rotatable bonds is 3. The summed E-state index contributed by atoms with van der Waals surface area (Å²) in [6.07, 6.45) is -2.84. The molecular weight excluding hydrogens is 419 g/mol. The van der Waals surface area contributed by atoms with Gasteiger partial charge in [0.05, 0.1) is 35.9 Å². The van der Waals surface area contributed by atoms with Gasteiger partial charge in [0.15, 0.2) is 0 Å². The number of halogens is 4. The van der Waals surface area contributed by atoms with Gasteiger partial charge in [0.1, 0.15) is 6.61 Å². The summed E-state index contributed by atoms with van der Waals surface area (Å²) in [7, 11) is 0. The molecule has 30 heavy (non-hydrogen) atoms. The van der Waals surface area contributed by atoms with Crippen LogP contribution in [0.1, 0.15) is 23.1 Å². The van der Waals surface area contributed by atoms with Crippen LogP contribution in [0.2, 0.25) is 5.02 Å². The summed E-state index contributed by atoms with van der Waals surface area (Å²) in [5.41, 5.74) is 1.19. The third kappa shape index (κ3) is 4.32. The molecule has 4 nitrogen and oxygen atoms in total. The second-order valence-electron chi connectivity index (χ2n) is 7.29. The van der Waals surface area contributed by atoms with Crippen LogP contribution in [-0.4, -0.2) is 36.3 Å². The molecule has 2 atom stereocenters. The van der Waals surface area contributed by atoms with Gasteiger partial charge >= 0.3 is 12.3 Å². The summed E-state index contributed by atoms with van der Waals surface area (Å²) in [5, 5.41) is -0.336. The van der Waals surface area contributed by atoms with E-state index in [9.17, 15) is 18.0 Å². The van der Waals surface area contributed by atoms with Crippen LogP contribution in [0.5, 0.6) is 0 Å². The normalized spacial score (nSPS) is 21.2. The zero-order valence-corrected chi connectivity index (χ0v) is 16.6. The molecule has 1 saturated heterocycles. The van der Waals surface area contributed by atoms with E-state index in [0.29, 0.717) is 18.6 Å². The van der Waals surface area contributed by atoms with Crippen molar-refractivity contribution in [2.75, 3.05) is 13.2 Å². The van der Waals surface area contributed by atoms with Crippen molar-refractivity contribution in [3.63, 3.8) is 0 Å². The fourth-order valence-corrected chi connectivity index (χ4v) is 4.06. The third-order valence-electron chi connectivity index (χ3n) is 5.26. The highest BCUT2D eigenvalue weighted by molar-refractivity contribution is 6.31. The van der Waals surface area contributed by atoms with Gasteiger partial charge in [-0.3, -0.25) is 4.90 Å². The molecular formula is C22H19ClF3NO3. The monoisotopic (exact) mass is 437 g/mol. The topological polar surface area (TPSA) is 38.8 Å². The number of alkyl halides is 3. The van der Waals surface area contributed by atoms with E-state index >= 15 is 0 Å². The van der Waals surface area contributed by atoms with Crippen LogP contribution in [0.15, 0.2) is 54.6 Å². The number of nitrogens with zero attached hydrogens (tertiary/aromatic N) is 1. The molecule has 0 saturated carbocycles. The molecule has 2 aliphatic rings. The molecule has 2 bridgehead atoms. The maximum Gasteiger partial charge on any atom is 0.417 e. The van der Waals surface area contributed by atoms with Crippen molar-refractivity contribution in [2.45, 2.75) is 31.3 Å². The summed E-state index contributed by atoms with van der Waals surface area (Å²) in [6.45, 7) is 0.716. The van der Waals surface area contributed by atoms with Crippen molar-refractivity contribution in [1.82, 2.24) is 4.90 Å². The number of carbonyl (C=O) groups excluding carboxylic acids is 1. The summed E-state index contributed by atoms with van der Waals surface area (Å²) in [5.74, 6) is 0. The summed E-state index contributed by atoms with van der Waals surface area (Å²) in [6, 6.07) is 12.5. The van der Waals surface area contributed by atoms with Gasteiger partial charge in [-0.05, 0) is 35.3 Å². The third-order valence-corrected chi connectivity index (χ3v) is 5.59. The van der Waals surface area contributed by atoms with E-state index in [1.54, 1.807) is 17.0 Å². The van der Waals surface area contributed by atoms with Gasteiger partial charge in [0.25, 0.3) is 0 Å². The molecule has 2 heterocycles. The Morgan fingerprint density at radius 2 is 1.93 bits per heavy atom. The van der Waals surface area contributed by atoms with E-state index in [2.05, 4.69) is 0 Å². The van der Waals surface area contributed by atoms with Crippen LogP contribution in [0.25, 0.3) is 5.57 Å². The van der Waals surface area contributed by atoms with Crippen LogP contribution in [0.3, 0.4) is 0 Å². The average Bonchev–Trinajstić information content (AvgIpc) is 2.71. The van der Waals surface area contributed by atoms with E-state index in [1.807, 2.05) is 30.3 Å². The Labute approximate surface area is 176 Å². The lowest BCUT2D eigenvalue weighted by Gasteiger charge is -2.43. The first-order valence-corrected chi connectivity index (χ1v) is 9.85. The van der Waals surface area contributed by atoms with Gasteiger partial charge in [0, 0.05) is 0 Å². The molecule has 8 heteroatoms. The van der Waals surface area contributed by atoms with E-state index in [0.717, 1.165) is 17.2 Å². The minimum absolute atomic E-state index is 0.152. The van der Waals surface area contributed by atoms with Crippen molar-refractivity contribution in [3.05, 3.63) is 76.3 Å². The first-order chi connectivity index (χ1) is 14.3. The Hall–Kier alpha value is -2.51. The molecule has 2 aromatic rings. The zero-order chi connectivity index (χ0) is 21.3. The minimum Gasteiger partial charge on any atom is -0.445 e. The molecule has 1 fully saturated rings. The molecule has 0 radical (unpaired) electrons. The molecule has 0 spiro atoms. The minimum atomic E-state index is -4.53. The molecule has 0 aliphatic carbocycles. The number of fused-ring (bicyclic) bond motifs is 2. The number of ether oxygens (including phenoxy) is 2. The molecule has 1 amide bonds. The van der Waals surface area contributed by atoms with Gasteiger partial charge in [-0.15, -0.1) is 0 Å². The van der Waals surface area contributed by atoms with Crippen molar-refractivity contribution >= 4 is 23.3 Å². The molecule has 2 aliphatic heterocycles. The van der Waals surface area contributed by atoms with Crippen LogP contribution in [0, 0.1) is 0 Å². The molecule has 0 aromatic heterocycles. The maximum absolute atomic E-state index is 13.2. The fourth-order valence-electron chi connectivity index (χ4n) is 3.83. The smallest absolute Gasteiger partial charge is 0.417 e. The number of hydrogen-bond donors (Lipinski definition) is 0. The van der Waals surface area contributed by atoms with Gasteiger partial charge in [-0.1, -0.05) is 54.1 Å². The highest BCUT2D eigenvalue weighted by Crippen LogP contribution is 2.39. The summed E-state index contributed by atoms with van der Waals surface area (Å²) in [4.78, 5) is 14.3. The lowest BCUT2D eigenvalue weighted by Crippen LogP contribution is -2.56.